The van der Waals surface area contributed by atoms with Crippen molar-refractivity contribution in [3.8, 4) is 0 Å². The lowest BCUT2D eigenvalue weighted by atomic mass is 9.93. The number of esters is 1. The quantitative estimate of drug-likeness (QED) is 0.173. The van der Waals surface area contributed by atoms with Crippen molar-refractivity contribution in [3.63, 3.8) is 0 Å². The van der Waals surface area contributed by atoms with E-state index in [1.165, 1.54) is 7.11 Å². The van der Waals surface area contributed by atoms with Gasteiger partial charge in [0.1, 0.15) is 0 Å². The van der Waals surface area contributed by atoms with E-state index >= 15 is 0 Å². The minimum atomic E-state index is -0.142. The van der Waals surface area contributed by atoms with Gasteiger partial charge in [-0.25, -0.2) is 0 Å². The van der Waals surface area contributed by atoms with Crippen LogP contribution >= 0.6 is 24.0 Å². The summed E-state index contributed by atoms with van der Waals surface area (Å²) in [7, 11) is 3.12. The molecule has 2 N–H and O–H groups in total. The Labute approximate surface area is 174 Å². The Kier molecular flexibility index (Phi) is 14.4. The Hall–Kier alpha value is -1.06. The number of nitrogens with one attached hydrogen (secondary N) is 2. The van der Waals surface area contributed by atoms with Crippen LogP contribution in [0, 0.1) is 5.92 Å². The third-order valence-electron chi connectivity index (χ3n) is 4.53. The summed E-state index contributed by atoms with van der Waals surface area (Å²) in [4.78, 5) is 29.6. The fourth-order valence-electron chi connectivity index (χ4n) is 2.98. The fourth-order valence-corrected chi connectivity index (χ4v) is 2.98. The summed E-state index contributed by atoms with van der Waals surface area (Å²) in [6.07, 6.45) is 5.96. The second kappa shape index (κ2) is 15.0. The topological polar surface area (TPSA) is 83.0 Å². The summed E-state index contributed by atoms with van der Waals surface area (Å²) in [6, 6.07) is 0. The highest BCUT2D eigenvalue weighted by atomic mass is 127. The number of aliphatic imine (C=N–C) groups is 1. The molecule has 0 aromatic rings. The van der Waals surface area contributed by atoms with E-state index in [1.807, 2.05) is 0 Å². The number of methoxy groups -OCH3 is 1. The maximum Gasteiger partial charge on any atom is 0.305 e. The predicted molar refractivity (Wildman–Crippen MR) is 115 cm³/mol. The number of amides is 1. The minimum Gasteiger partial charge on any atom is -0.469 e. The van der Waals surface area contributed by atoms with Crippen LogP contribution < -0.4 is 10.6 Å². The lowest BCUT2D eigenvalue weighted by molar-refractivity contribution is -0.140. The normalized spacial score (nSPS) is 15.2. The molecule has 1 fully saturated rings. The van der Waals surface area contributed by atoms with Crippen LogP contribution in [0.15, 0.2) is 4.99 Å². The third kappa shape index (κ3) is 10.2. The summed E-state index contributed by atoms with van der Waals surface area (Å²) < 4.78 is 4.64. The van der Waals surface area contributed by atoms with E-state index in [4.69, 9.17) is 4.99 Å². The molecule has 0 aromatic carbocycles. The smallest absolute Gasteiger partial charge is 0.305 e. The standard InChI is InChI=1S/C18H34N4O3.HI/c1-4-20-18(21-11-7-5-6-8-17(24)25-3)22-12-9-15(10-13-22)14-16(23)19-2;/h15H,4-14H2,1-3H3,(H,19,23)(H,20,21);1H. The number of nitrogens with zero attached hydrogens (tertiary/aromatic N) is 2. The molecule has 8 heteroatoms. The van der Waals surface area contributed by atoms with Crippen LogP contribution in [-0.4, -0.2) is 63.1 Å². The number of rotatable bonds is 9. The molecule has 0 atom stereocenters. The highest BCUT2D eigenvalue weighted by Crippen LogP contribution is 2.20. The van der Waals surface area contributed by atoms with E-state index in [1.54, 1.807) is 7.05 Å². The van der Waals surface area contributed by atoms with Gasteiger partial charge in [0.25, 0.3) is 0 Å². The molecular weight excluding hydrogens is 447 g/mol. The van der Waals surface area contributed by atoms with Gasteiger partial charge in [0.05, 0.1) is 7.11 Å². The van der Waals surface area contributed by atoms with Crippen LogP contribution in [0.3, 0.4) is 0 Å². The van der Waals surface area contributed by atoms with Crippen molar-refractivity contribution >= 4 is 41.8 Å². The number of likely N-dealkylation sites (tertiary alicyclic amines) is 1. The summed E-state index contributed by atoms with van der Waals surface area (Å²) in [6.45, 7) is 5.57. The molecule has 0 unspecified atom stereocenters. The monoisotopic (exact) mass is 482 g/mol. The maximum atomic E-state index is 11.5. The molecule has 0 bridgehead atoms. The van der Waals surface area contributed by atoms with E-state index in [-0.39, 0.29) is 35.9 Å². The zero-order chi connectivity index (χ0) is 18.5. The average molecular weight is 482 g/mol. The fraction of sp³-hybridized carbons (Fsp3) is 0.833. The molecule has 1 rings (SSSR count). The first-order valence-electron chi connectivity index (χ1n) is 9.41. The number of unbranched alkanes of at least 4 members (excludes halogenated alkanes) is 2. The van der Waals surface area contributed by atoms with E-state index in [9.17, 15) is 9.59 Å². The first-order valence-corrected chi connectivity index (χ1v) is 9.41. The van der Waals surface area contributed by atoms with Gasteiger partial charge in [-0.15, -0.1) is 24.0 Å². The van der Waals surface area contributed by atoms with Crippen molar-refractivity contribution < 1.29 is 14.3 Å². The van der Waals surface area contributed by atoms with Crippen LogP contribution in [0.4, 0.5) is 0 Å². The van der Waals surface area contributed by atoms with E-state index < -0.39 is 0 Å². The van der Waals surface area contributed by atoms with Crippen molar-refractivity contribution in [1.29, 1.82) is 0 Å². The molecule has 7 nitrogen and oxygen atoms in total. The van der Waals surface area contributed by atoms with Crippen LogP contribution in [0.25, 0.3) is 0 Å². The van der Waals surface area contributed by atoms with Crippen molar-refractivity contribution in [2.45, 2.75) is 51.9 Å². The maximum absolute atomic E-state index is 11.5. The molecule has 0 aliphatic carbocycles. The van der Waals surface area contributed by atoms with E-state index in [0.29, 0.717) is 18.8 Å². The minimum absolute atomic E-state index is 0. The first kappa shape index (κ1) is 24.9. The second-order valence-electron chi connectivity index (χ2n) is 6.43. The number of carbonyl (C=O) groups is 2. The van der Waals surface area contributed by atoms with Crippen molar-refractivity contribution in [1.82, 2.24) is 15.5 Å². The lowest BCUT2D eigenvalue weighted by Gasteiger charge is -2.34. The van der Waals surface area contributed by atoms with Crippen LogP contribution in [0.5, 0.6) is 0 Å². The molecular formula is C18H35IN4O3. The average Bonchev–Trinajstić information content (AvgIpc) is 2.63. The van der Waals surface area contributed by atoms with Gasteiger partial charge in [0.15, 0.2) is 5.96 Å². The Balaban J connectivity index is 0.00000625. The molecule has 1 aliphatic rings. The number of carbonyl (C=O) groups excluding carboxylic acids is 2. The lowest BCUT2D eigenvalue weighted by Crippen LogP contribution is -2.46. The van der Waals surface area contributed by atoms with Crippen LogP contribution in [-0.2, 0) is 14.3 Å². The molecule has 1 amide bonds. The molecule has 1 saturated heterocycles. The van der Waals surface area contributed by atoms with Gasteiger partial charge in [-0.2, -0.15) is 0 Å². The molecule has 0 saturated carbocycles. The van der Waals surface area contributed by atoms with Gasteiger partial charge < -0.3 is 20.3 Å². The SMILES string of the molecule is CCNC(=NCCCCCC(=O)OC)N1CCC(CC(=O)NC)CC1.I. The molecule has 1 heterocycles. The van der Waals surface area contributed by atoms with E-state index in [2.05, 4.69) is 27.2 Å². The summed E-state index contributed by atoms with van der Waals surface area (Å²) in [5.74, 6) is 1.42. The van der Waals surface area contributed by atoms with Gasteiger partial charge in [0.2, 0.25) is 5.91 Å². The Morgan fingerprint density at radius 1 is 1.19 bits per heavy atom. The summed E-state index contributed by atoms with van der Waals surface area (Å²) in [5.41, 5.74) is 0. The third-order valence-corrected chi connectivity index (χ3v) is 4.53. The molecule has 26 heavy (non-hydrogen) atoms. The van der Waals surface area contributed by atoms with Crippen molar-refractivity contribution in [2.24, 2.45) is 10.9 Å². The summed E-state index contributed by atoms with van der Waals surface area (Å²) >= 11 is 0. The number of ether oxygens (including phenoxy) is 1. The van der Waals surface area contributed by atoms with Crippen molar-refractivity contribution in [3.05, 3.63) is 0 Å². The highest BCUT2D eigenvalue weighted by molar-refractivity contribution is 14.0. The number of guanidine groups is 1. The Morgan fingerprint density at radius 3 is 2.46 bits per heavy atom. The van der Waals surface area contributed by atoms with Gasteiger partial charge in [0, 0.05) is 46.1 Å². The number of piperidine rings is 1. The number of hydrogen-bond acceptors (Lipinski definition) is 4. The Bertz CT molecular complexity index is 438. The molecule has 0 aromatic heterocycles. The zero-order valence-corrected chi connectivity index (χ0v) is 18.7. The predicted octanol–water partition coefficient (Wildman–Crippen LogP) is 2.15. The van der Waals surface area contributed by atoms with E-state index in [0.717, 1.165) is 64.2 Å². The zero-order valence-electron chi connectivity index (χ0n) is 16.4. The number of halogens is 1. The number of hydrogen-bond donors (Lipinski definition) is 2. The molecule has 152 valence electrons. The van der Waals surface area contributed by atoms with Gasteiger partial charge in [-0.05, 0) is 38.5 Å². The second-order valence-corrected chi connectivity index (χ2v) is 6.43. The largest absolute Gasteiger partial charge is 0.469 e. The highest BCUT2D eigenvalue weighted by Gasteiger charge is 2.22. The molecule has 0 spiro atoms. The Morgan fingerprint density at radius 2 is 1.88 bits per heavy atom. The van der Waals surface area contributed by atoms with Crippen LogP contribution in [0.1, 0.15) is 51.9 Å². The van der Waals surface area contributed by atoms with Gasteiger partial charge in [-0.1, -0.05) is 6.42 Å². The van der Waals surface area contributed by atoms with Crippen LogP contribution in [0.2, 0.25) is 0 Å². The van der Waals surface area contributed by atoms with Gasteiger partial charge >= 0.3 is 5.97 Å². The van der Waals surface area contributed by atoms with Gasteiger partial charge in [-0.3, -0.25) is 14.6 Å². The first-order chi connectivity index (χ1) is 12.1. The molecule has 0 radical (unpaired) electrons. The summed E-state index contributed by atoms with van der Waals surface area (Å²) in [5, 5.41) is 6.06. The molecule has 1 aliphatic heterocycles. The van der Waals surface area contributed by atoms with Crippen molar-refractivity contribution in [2.75, 3.05) is 40.3 Å².